The predicted octanol–water partition coefficient (Wildman–Crippen LogP) is 2.89. The van der Waals surface area contributed by atoms with Crippen LogP contribution in [0.2, 0.25) is 0 Å². The molecular weight excluding hydrogens is 198 g/mol. The van der Waals surface area contributed by atoms with Crippen LogP contribution in [-0.2, 0) is 4.74 Å². The standard InChI is InChI=1S/C14H25NO/c1-14(2)10-13(8-9-16-14)15-11-12-6-4-3-5-7-12/h3-4,12-13,15H,5-11H2,1-2H3. The van der Waals surface area contributed by atoms with Crippen molar-refractivity contribution < 1.29 is 4.74 Å². The van der Waals surface area contributed by atoms with Crippen LogP contribution in [0.3, 0.4) is 0 Å². The van der Waals surface area contributed by atoms with E-state index < -0.39 is 0 Å². The van der Waals surface area contributed by atoms with E-state index in [2.05, 4.69) is 31.3 Å². The van der Waals surface area contributed by atoms with Crippen LogP contribution in [0.4, 0.5) is 0 Å². The van der Waals surface area contributed by atoms with Gasteiger partial charge >= 0.3 is 0 Å². The molecule has 0 aromatic rings. The van der Waals surface area contributed by atoms with E-state index in [0.717, 1.165) is 18.9 Å². The zero-order valence-corrected chi connectivity index (χ0v) is 10.7. The van der Waals surface area contributed by atoms with Crippen molar-refractivity contribution in [2.75, 3.05) is 13.2 Å². The number of hydrogen-bond acceptors (Lipinski definition) is 2. The van der Waals surface area contributed by atoms with Crippen molar-refractivity contribution in [1.82, 2.24) is 5.32 Å². The molecule has 2 rings (SSSR count). The molecule has 2 aliphatic rings. The zero-order valence-electron chi connectivity index (χ0n) is 10.7. The molecule has 16 heavy (non-hydrogen) atoms. The highest BCUT2D eigenvalue weighted by molar-refractivity contribution is 4.91. The van der Waals surface area contributed by atoms with Gasteiger partial charge in [0.25, 0.3) is 0 Å². The van der Waals surface area contributed by atoms with Gasteiger partial charge in [0.1, 0.15) is 0 Å². The molecule has 1 saturated heterocycles. The first-order valence-electron chi connectivity index (χ1n) is 6.68. The van der Waals surface area contributed by atoms with Crippen molar-refractivity contribution in [2.45, 2.75) is 57.6 Å². The van der Waals surface area contributed by atoms with Gasteiger partial charge in [0.05, 0.1) is 5.60 Å². The third-order valence-corrected chi connectivity index (χ3v) is 3.77. The summed E-state index contributed by atoms with van der Waals surface area (Å²) in [5, 5.41) is 3.73. The van der Waals surface area contributed by atoms with Gasteiger partial charge in [-0.3, -0.25) is 0 Å². The normalized spacial score (nSPS) is 33.9. The Morgan fingerprint density at radius 3 is 2.88 bits per heavy atom. The fraction of sp³-hybridized carbons (Fsp3) is 0.857. The van der Waals surface area contributed by atoms with Crippen LogP contribution in [0.25, 0.3) is 0 Å². The maximum atomic E-state index is 5.74. The van der Waals surface area contributed by atoms with Crippen molar-refractivity contribution in [2.24, 2.45) is 5.92 Å². The molecule has 2 nitrogen and oxygen atoms in total. The van der Waals surface area contributed by atoms with Gasteiger partial charge in [-0.15, -0.1) is 0 Å². The lowest BCUT2D eigenvalue weighted by molar-refractivity contribution is -0.0632. The Morgan fingerprint density at radius 2 is 2.19 bits per heavy atom. The smallest absolute Gasteiger partial charge is 0.0641 e. The summed E-state index contributed by atoms with van der Waals surface area (Å²) in [6.07, 6.45) is 10.9. The summed E-state index contributed by atoms with van der Waals surface area (Å²) >= 11 is 0. The molecule has 0 amide bonds. The zero-order chi connectivity index (χ0) is 11.4. The SMILES string of the molecule is CC1(C)CC(NCC2CC=CCC2)CCO1. The molecule has 1 aliphatic carbocycles. The van der Waals surface area contributed by atoms with E-state index in [-0.39, 0.29) is 5.60 Å². The second-order valence-corrected chi connectivity index (χ2v) is 5.86. The summed E-state index contributed by atoms with van der Waals surface area (Å²) in [4.78, 5) is 0. The highest BCUT2D eigenvalue weighted by Crippen LogP contribution is 2.24. The quantitative estimate of drug-likeness (QED) is 0.743. The van der Waals surface area contributed by atoms with Gasteiger partial charge in [-0.05, 0) is 58.4 Å². The van der Waals surface area contributed by atoms with Crippen molar-refractivity contribution in [3.8, 4) is 0 Å². The Balaban J connectivity index is 1.71. The lowest BCUT2D eigenvalue weighted by atomic mass is 9.91. The van der Waals surface area contributed by atoms with Crippen LogP contribution < -0.4 is 5.32 Å². The van der Waals surface area contributed by atoms with Gasteiger partial charge in [-0.1, -0.05) is 12.2 Å². The van der Waals surface area contributed by atoms with Crippen LogP contribution in [0, 0.1) is 5.92 Å². The molecule has 0 bridgehead atoms. The summed E-state index contributed by atoms with van der Waals surface area (Å²) in [6, 6.07) is 0.662. The van der Waals surface area contributed by atoms with Crippen LogP contribution in [0.5, 0.6) is 0 Å². The molecule has 0 aromatic carbocycles. The summed E-state index contributed by atoms with van der Waals surface area (Å²) in [5.74, 6) is 0.857. The van der Waals surface area contributed by atoms with E-state index in [9.17, 15) is 0 Å². The molecule has 92 valence electrons. The second kappa shape index (κ2) is 5.33. The fourth-order valence-electron chi connectivity index (χ4n) is 2.78. The maximum Gasteiger partial charge on any atom is 0.0641 e. The predicted molar refractivity (Wildman–Crippen MR) is 67.5 cm³/mol. The summed E-state index contributed by atoms with van der Waals surface area (Å²) in [7, 11) is 0. The molecular formula is C14H25NO. The minimum Gasteiger partial charge on any atom is -0.375 e. The van der Waals surface area contributed by atoms with Crippen LogP contribution in [0.15, 0.2) is 12.2 Å². The molecule has 2 heteroatoms. The average molecular weight is 223 g/mol. The lowest BCUT2D eigenvalue weighted by Crippen LogP contribution is -2.45. The Morgan fingerprint density at radius 1 is 1.31 bits per heavy atom. The van der Waals surface area contributed by atoms with E-state index in [1.807, 2.05) is 0 Å². The number of nitrogens with one attached hydrogen (secondary N) is 1. The highest BCUT2D eigenvalue weighted by atomic mass is 16.5. The largest absolute Gasteiger partial charge is 0.375 e. The first kappa shape index (κ1) is 12.1. The average Bonchev–Trinajstić information content (AvgIpc) is 2.27. The maximum absolute atomic E-state index is 5.74. The lowest BCUT2D eigenvalue weighted by Gasteiger charge is -2.36. The van der Waals surface area contributed by atoms with E-state index in [0.29, 0.717) is 6.04 Å². The summed E-state index contributed by atoms with van der Waals surface area (Å²) in [6.45, 7) is 6.49. The van der Waals surface area contributed by atoms with Crippen molar-refractivity contribution in [3.63, 3.8) is 0 Å². The molecule has 0 spiro atoms. The number of ether oxygens (including phenoxy) is 1. The van der Waals surface area contributed by atoms with E-state index in [1.54, 1.807) is 0 Å². The highest BCUT2D eigenvalue weighted by Gasteiger charge is 2.28. The minimum atomic E-state index is 0.0718. The molecule has 0 saturated carbocycles. The van der Waals surface area contributed by atoms with E-state index >= 15 is 0 Å². The third kappa shape index (κ3) is 3.60. The molecule has 2 unspecified atom stereocenters. The first-order chi connectivity index (χ1) is 7.66. The molecule has 1 N–H and O–H groups in total. The van der Waals surface area contributed by atoms with Gasteiger partial charge in [0, 0.05) is 12.6 Å². The van der Waals surface area contributed by atoms with E-state index in [1.165, 1.54) is 32.2 Å². The summed E-state index contributed by atoms with van der Waals surface area (Å²) in [5.41, 5.74) is 0.0718. The monoisotopic (exact) mass is 223 g/mol. The first-order valence-corrected chi connectivity index (χ1v) is 6.68. The Labute approximate surface area is 99.4 Å². The Hall–Kier alpha value is -0.340. The van der Waals surface area contributed by atoms with Crippen LogP contribution >= 0.6 is 0 Å². The Kier molecular flexibility index (Phi) is 4.04. The summed E-state index contributed by atoms with van der Waals surface area (Å²) < 4.78 is 5.74. The van der Waals surface area contributed by atoms with Gasteiger partial charge in [0.15, 0.2) is 0 Å². The molecule has 1 fully saturated rings. The Bertz CT molecular complexity index is 247. The van der Waals surface area contributed by atoms with Crippen molar-refractivity contribution in [3.05, 3.63) is 12.2 Å². The van der Waals surface area contributed by atoms with Gasteiger partial charge in [-0.25, -0.2) is 0 Å². The van der Waals surface area contributed by atoms with Crippen LogP contribution in [0.1, 0.15) is 46.0 Å². The second-order valence-electron chi connectivity index (χ2n) is 5.86. The van der Waals surface area contributed by atoms with E-state index in [4.69, 9.17) is 4.74 Å². The molecule has 1 heterocycles. The topological polar surface area (TPSA) is 21.3 Å². The van der Waals surface area contributed by atoms with Crippen molar-refractivity contribution >= 4 is 0 Å². The number of allylic oxidation sites excluding steroid dienone is 2. The third-order valence-electron chi connectivity index (χ3n) is 3.77. The molecule has 1 aliphatic heterocycles. The number of hydrogen-bond donors (Lipinski definition) is 1. The minimum absolute atomic E-state index is 0.0718. The molecule has 0 aromatic heterocycles. The van der Waals surface area contributed by atoms with Gasteiger partial charge in [-0.2, -0.15) is 0 Å². The van der Waals surface area contributed by atoms with Crippen LogP contribution in [-0.4, -0.2) is 24.8 Å². The number of rotatable bonds is 3. The van der Waals surface area contributed by atoms with Crippen molar-refractivity contribution in [1.29, 1.82) is 0 Å². The molecule has 0 radical (unpaired) electrons. The van der Waals surface area contributed by atoms with Gasteiger partial charge in [0.2, 0.25) is 0 Å². The molecule has 2 atom stereocenters. The van der Waals surface area contributed by atoms with Gasteiger partial charge < -0.3 is 10.1 Å². The fourth-order valence-corrected chi connectivity index (χ4v) is 2.78.